The molecular weight excluding hydrogens is 240 g/mol. The predicted octanol–water partition coefficient (Wildman–Crippen LogP) is 1.93. The second-order valence-corrected chi connectivity index (χ2v) is 2.96. The second-order valence-electron chi connectivity index (χ2n) is 2.16. The van der Waals surface area contributed by atoms with E-state index in [1.807, 2.05) is 0 Å². The molecule has 0 unspecified atom stereocenters. The maximum absolute atomic E-state index is 10.4. The number of phenolic OH excluding ortho intramolecular Hbond substituents is 1. The number of rotatable bonds is 1. The number of hydrogen-bond donors (Lipinski definition) is 1. The fraction of sp³-hybridized carbons (Fsp3) is 0. The van der Waals surface area contributed by atoms with Crippen LogP contribution in [0, 0.1) is 21.4 Å². The number of hydrogen-bond acceptors (Lipinski definition) is 4. The average molecular weight is 243 g/mol. The van der Waals surface area contributed by atoms with Crippen LogP contribution < -0.4 is 0 Å². The number of nitro benzene ring substituents is 1. The largest absolute Gasteiger partial charge is 0.505 e. The number of nitriles is 1. The van der Waals surface area contributed by atoms with Crippen LogP contribution in [0.3, 0.4) is 0 Å². The third-order valence-electron chi connectivity index (χ3n) is 1.41. The summed E-state index contributed by atoms with van der Waals surface area (Å²) in [6.07, 6.45) is 0. The van der Waals surface area contributed by atoms with Crippen LogP contribution in [0.2, 0.25) is 0 Å². The van der Waals surface area contributed by atoms with Gasteiger partial charge in [-0.1, -0.05) is 0 Å². The highest BCUT2D eigenvalue weighted by molar-refractivity contribution is 9.10. The maximum atomic E-state index is 10.4. The zero-order chi connectivity index (χ0) is 10.0. The number of nitro groups is 1. The van der Waals surface area contributed by atoms with E-state index in [9.17, 15) is 15.2 Å². The van der Waals surface area contributed by atoms with Gasteiger partial charge >= 0.3 is 0 Å². The van der Waals surface area contributed by atoms with Gasteiger partial charge in [0.05, 0.1) is 10.5 Å². The van der Waals surface area contributed by atoms with Gasteiger partial charge in [-0.2, -0.15) is 5.26 Å². The van der Waals surface area contributed by atoms with Crippen LogP contribution >= 0.6 is 15.9 Å². The number of halogens is 1. The molecule has 13 heavy (non-hydrogen) atoms. The number of phenols is 1. The molecule has 0 amide bonds. The van der Waals surface area contributed by atoms with Crippen molar-refractivity contribution in [2.45, 2.75) is 0 Å². The van der Waals surface area contributed by atoms with Crippen molar-refractivity contribution in [1.82, 2.24) is 0 Å². The number of benzene rings is 1. The van der Waals surface area contributed by atoms with Gasteiger partial charge < -0.3 is 5.11 Å². The quantitative estimate of drug-likeness (QED) is 0.602. The summed E-state index contributed by atoms with van der Waals surface area (Å²) in [6.45, 7) is 0. The van der Waals surface area contributed by atoms with Crippen molar-refractivity contribution < 1.29 is 10.0 Å². The van der Waals surface area contributed by atoms with E-state index in [4.69, 9.17) is 5.26 Å². The van der Waals surface area contributed by atoms with Crippen molar-refractivity contribution in [2.24, 2.45) is 0 Å². The third-order valence-corrected chi connectivity index (χ3v) is 2.19. The highest BCUT2D eigenvalue weighted by Crippen LogP contribution is 2.35. The highest BCUT2D eigenvalue weighted by Gasteiger charge is 2.17. The lowest BCUT2D eigenvalue weighted by molar-refractivity contribution is -0.385. The minimum atomic E-state index is -0.648. The number of nitrogens with zero attached hydrogens (tertiary/aromatic N) is 2. The summed E-state index contributed by atoms with van der Waals surface area (Å²) in [4.78, 5) is 9.71. The summed E-state index contributed by atoms with van der Waals surface area (Å²) in [5.74, 6) is -0.406. The monoisotopic (exact) mass is 242 g/mol. The van der Waals surface area contributed by atoms with E-state index in [1.54, 1.807) is 6.07 Å². The first-order valence-electron chi connectivity index (χ1n) is 3.14. The highest BCUT2D eigenvalue weighted by atomic mass is 79.9. The van der Waals surface area contributed by atoms with Crippen LogP contribution in [-0.4, -0.2) is 10.0 Å². The first-order valence-corrected chi connectivity index (χ1v) is 3.93. The summed E-state index contributed by atoms with van der Waals surface area (Å²) in [6, 6.07) is 4.05. The summed E-state index contributed by atoms with van der Waals surface area (Å²) >= 11 is 2.83. The third kappa shape index (κ3) is 1.60. The van der Waals surface area contributed by atoms with Crippen LogP contribution in [0.25, 0.3) is 0 Å². The van der Waals surface area contributed by atoms with E-state index in [0.29, 0.717) is 0 Å². The normalized spacial score (nSPS) is 9.23. The molecule has 0 aliphatic carbocycles. The van der Waals surface area contributed by atoms with Crippen LogP contribution in [0.1, 0.15) is 5.56 Å². The SMILES string of the molecule is N#Cc1ccc([N+](=O)[O-])c(Br)c1O. The Morgan fingerprint density at radius 1 is 1.62 bits per heavy atom. The lowest BCUT2D eigenvalue weighted by atomic mass is 10.2. The molecule has 0 bridgehead atoms. The first kappa shape index (κ1) is 9.48. The molecule has 0 saturated heterocycles. The molecule has 0 aliphatic rings. The molecule has 6 heteroatoms. The van der Waals surface area contributed by atoms with E-state index < -0.39 is 10.7 Å². The lowest BCUT2D eigenvalue weighted by Gasteiger charge is -1.99. The van der Waals surface area contributed by atoms with Gasteiger partial charge in [-0.15, -0.1) is 0 Å². The van der Waals surface area contributed by atoms with E-state index in [-0.39, 0.29) is 15.7 Å². The van der Waals surface area contributed by atoms with Crippen LogP contribution in [0.5, 0.6) is 5.75 Å². The van der Waals surface area contributed by atoms with Crippen molar-refractivity contribution in [3.63, 3.8) is 0 Å². The van der Waals surface area contributed by atoms with Gasteiger partial charge in [0.2, 0.25) is 0 Å². The molecule has 0 heterocycles. The molecule has 1 rings (SSSR count). The van der Waals surface area contributed by atoms with Crippen LogP contribution in [0.15, 0.2) is 16.6 Å². The minimum absolute atomic E-state index is 0.00234. The van der Waals surface area contributed by atoms with Gasteiger partial charge in [0.1, 0.15) is 10.5 Å². The smallest absolute Gasteiger partial charge is 0.287 e. The predicted molar refractivity (Wildman–Crippen MR) is 47.2 cm³/mol. The Morgan fingerprint density at radius 2 is 2.23 bits per heavy atom. The fourth-order valence-electron chi connectivity index (χ4n) is 0.785. The van der Waals surface area contributed by atoms with Crippen molar-refractivity contribution in [2.75, 3.05) is 0 Å². The Morgan fingerprint density at radius 3 is 2.69 bits per heavy atom. The molecule has 5 nitrogen and oxygen atoms in total. The Labute approximate surface area is 81.5 Å². The average Bonchev–Trinajstić information content (AvgIpc) is 2.09. The lowest BCUT2D eigenvalue weighted by Crippen LogP contribution is -1.90. The van der Waals surface area contributed by atoms with Gasteiger partial charge in [-0.3, -0.25) is 10.1 Å². The molecule has 0 fully saturated rings. The molecular formula is C7H3BrN2O3. The van der Waals surface area contributed by atoms with E-state index >= 15 is 0 Å². The summed E-state index contributed by atoms with van der Waals surface area (Å²) in [5, 5.41) is 28.1. The Balaban J connectivity index is 3.42. The van der Waals surface area contributed by atoms with Crippen molar-refractivity contribution in [3.8, 4) is 11.8 Å². The summed E-state index contributed by atoms with van der Waals surface area (Å²) in [7, 11) is 0. The van der Waals surface area contributed by atoms with Crippen molar-refractivity contribution >= 4 is 21.6 Å². The zero-order valence-electron chi connectivity index (χ0n) is 6.19. The fourth-order valence-corrected chi connectivity index (χ4v) is 1.28. The van der Waals surface area contributed by atoms with Crippen LogP contribution in [0.4, 0.5) is 5.69 Å². The van der Waals surface area contributed by atoms with Crippen LogP contribution in [-0.2, 0) is 0 Å². The molecule has 1 aromatic carbocycles. The Hall–Kier alpha value is -1.61. The topological polar surface area (TPSA) is 87.2 Å². The molecule has 1 aromatic rings. The molecule has 66 valence electrons. The van der Waals surface area contributed by atoms with E-state index in [1.165, 1.54) is 6.07 Å². The minimum Gasteiger partial charge on any atom is -0.505 e. The maximum Gasteiger partial charge on any atom is 0.287 e. The standard InChI is InChI=1S/C7H3BrN2O3/c8-6-5(10(12)13)2-1-4(3-9)7(6)11/h1-2,11H. The Bertz CT molecular complexity index is 411. The second kappa shape index (κ2) is 3.41. The van der Waals surface area contributed by atoms with Gasteiger partial charge in [-0.05, 0) is 22.0 Å². The molecule has 1 N–H and O–H groups in total. The van der Waals surface area contributed by atoms with Gasteiger partial charge in [0.25, 0.3) is 5.69 Å². The summed E-state index contributed by atoms with van der Waals surface area (Å²) < 4.78 is -0.0726. The molecule has 0 aliphatic heterocycles. The first-order chi connectivity index (χ1) is 6.07. The number of aromatic hydroxyl groups is 1. The van der Waals surface area contributed by atoms with Crippen molar-refractivity contribution in [3.05, 3.63) is 32.3 Å². The van der Waals surface area contributed by atoms with Gasteiger partial charge in [-0.25, -0.2) is 0 Å². The van der Waals surface area contributed by atoms with Gasteiger partial charge in [0.15, 0.2) is 5.75 Å². The Kier molecular flexibility index (Phi) is 2.49. The summed E-state index contributed by atoms with van der Waals surface area (Å²) in [5.41, 5.74) is -0.269. The van der Waals surface area contributed by atoms with Crippen molar-refractivity contribution in [1.29, 1.82) is 5.26 Å². The molecule has 0 aromatic heterocycles. The van der Waals surface area contributed by atoms with E-state index in [0.717, 1.165) is 6.07 Å². The van der Waals surface area contributed by atoms with E-state index in [2.05, 4.69) is 15.9 Å². The molecule has 0 spiro atoms. The van der Waals surface area contributed by atoms with Gasteiger partial charge in [0, 0.05) is 6.07 Å². The molecule has 0 radical (unpaired) electrons. The molecule has 0 atom stereocenters. The molecule has 0 saturated carbocycles. The zero-order valence-corrected chi connectivity index (χ0v) is 7.78.